The first-order valence-electron chi connectivity index (χ1n) is 11.2. The predicted octanol–water partition coefficient (Wildman–Crippen LogP) is 4.93. The van der Waals surface area contributed by atoms with Crippen LogP contribution in [0.3, 0.4) is 0 Å². The van der Waals surface area contributed by atoms with E-state index in [9.17, 15) is 4.79 Å². The average molecular weight is 411 g/mol. The third-order valence-electron chi connectivity index (χ3n) is 7.65. The summed E-state index contributed by atoms with van der Waals surface area (Å²) in [6.07, 6.45) is 6.97. The lowest BCUT2D eigenvalue weighted by molar-refractivity contribution is -0.147. The minimum absolute atomic E-state index is 0.143. The van der Waals surface area contributed by atoms with Gasteiger partial charge in [-0.05, 0) is 55.2 Å². The molecule has 1 aromatic rings. The van der Waals surface area contributed by atoms with Gasteiger partial charge in [-0.2, -0.15) is 0 Å². The van der Waals surface area contributed by atoms with Gasteiger partial charge in [0.2, 0.25) is 5.91 Å². The first-order chi connectivity index (χ1) is 14.4. The summed E-state index contributed by atoms with van der Waals surface area (Å²) in [5, 5.41) is 0. The molecule has 0 unspecified atom stereocenters. The van der Waals surface area contributed by atoms with Gasteiger partial charge in [0.15, 0.2) is 12.0 Å². The van der Waals surface area contributed by atoms with Crippen LogP contribution >= 0.6 is 0 Å². The highest BCUT2D eigenvalue weighted by molar-refractivity contribution is 6.02. The second kappa shape index (κ2) is 7.84. The van der Waals surface area contributed by atoms with Crippen molar-refractivity contribution in [2.45, 2.75) is 70.2 Å². The number of hydrogen-bond acceptors (Lipinski definition) is 4. The number of methoxy groups -OCH3 is 1. The SMILES string of the molecule is C=CC[C@]12C[C@@]3(O[C@H](CCCC)N=C3C[C@H](c3ccc(OC)cc3)[C@H]1C)N(C)C2=O. The first kappa shape index (κ1) is 21.1. The van der Waals surface area contributed by atoms with Gasteiger partial charge in [-0.15, -0.1) is 6.58 Å². The third-order valence-corrected chi connectivity index (χ3v) is 7.65. The van der Waals surface area contributed by atoms with Crippen LogP contribution in [-0.4, -0.2) is 42.6 Å². The molecule has 0 N–H and O–H groups in total. The quantitative estimate of drug-likeness (QED) is 0.599. The van der Waals surface area contributed by atoms with E-state index in [1.807, 2.05) is 30.2 Å². The van der Waals surface area contributed by atoms with E-state index in [0.717, 1.165) is 37.1 Å². The number of unbranched alkanes of at least 4 members (excludes halogenated alkanes) is 1. The Kier molecular flexibility index (Phi) is 5.52. The highest BCUT2D eigenvalue weighted by atomic mass is 16.6. The molecule has 1 aliphatic carbocycles. The van der Waals surface area contributed by atoms with Crippen molar-refractivity contribution < 1.29 is 14.3 Å². The van der Waals surface area contributed by atoms with Crippen molar-refractivity contribution in [3.05, 3.63) is 42.5 Å². The molecule has 30 heavy (non-hydrogen) atoms. The summed E-state index contributed by atoms with van der Waals surface area (Å²) in [6, 6.07) is 8.27. The van der Waals surface area contributed by atoms with Gasteiger partial charge in [0, 0.05) is 13.5 Å². The number of likely N-dealkylation sites (tertiary alicyclic amines) is 1. The standard InChI is InChI=1S/C25H34N2O3/c1-6-8-9-22-26-21-15-20(18-10-12-19(29-5)13-11-18)17(3)24(14-7-2)16-25(21,30-22)27(4)23(24)28/h7,10-13,17,20,22H,2,6,8-9,14-16H2,1,3-5H3/t17-,20+,22-,24+,25+/m1/s1. The Hall–Kier alpha value is -2.14. The summed E-state index contributed by atoms with van der Waals surface area (Å²) in [4.78, 5) is 20.6. The molecule has 2 heterocycles. The van der Waals surface area contributed by atoms with Crippen LogP contribution in [0.5, 0.6) is 5.75 Å². The number of amides is 1. The van der Waals surface area contributed by atoms with Gasteiger partial charge in [-0.3, -0.25) is 9.79 Å². The van der Waals surface area contributed by atoms with Gasteiger partial charge in [0.25, 0.3) is 0 Å². The second-order valence-corrected chi connectivity index (χ2v) is 9.14. The van der Waals surface area contributed by atoms with Crippen LogP contribution in [-0.2, 0) is 9.53 Å². The molecule has 1 spiro atoms. The van der Waals surface area contributed by atoms with Gasteiger partial charge in [0.1, 0.15) is 5.75 Å². The molecule has 5 atom stereocenters. The molecule has 2 aliphatic heterocycles. The number of fused-ring (bicyclic) bond motifs is 1. The number of ether oxygens (including phenoxy) is 2. The zero-order valence-corrected chi connectivity index (χ0v) is 18.7. The summed E-state index contributed by atoms with van der Waals surface area (Å²) in [7, 11) is 3.58. The van der Waals surface area contributed by atoms with Crippen LogP contribution in [0.15, 0.2) is 41.9 Å². The fourth-order valence-electron chi connectivity index (χ4n) is 5.83. The summed E-state index contributed by atoms with van der Waals surface area (Å²) >= 11 is 0. The fraction of sp³-hybridized carbons (Fsp3) is 0.600. The van der Waals surface area contributed by atoms with Gasteiger partial charge in [-0.25, -0.2) is 0 Å². The minimum Gasteiger partial charge on any atom is -0.497 e. The van der Waals surface area contributed by atoms with E-state index in [2.05, 4.69) is 32.6 Å². The lowest BCUT2D eigenvalue weighted by atomic mass is 9.66. The Morgan fingerprint density at radius 3 is 2.73 bits per heavy atom. The number of benzene rings is 1. The maximum absolute atomic E-state index is 13.7. The van der Waals surface area contributed by atoms with E-state index in [-0.39, 0.29) is 24.0 Å². The molecule has 4 rings (SSSR count). The van der Waals surface area contributed by atoms with Crippen molar-refractivity contribution in [2.75, 3.05) is 14.2 Å². The van der Waals surface area contributed by atoms with Gasteiger partial charge in [0.05, 0.1) is 18.2 Å². The molecule has 1 amide bonds. The molecular formula is C25H34N2O3. The summed E-state index contributed by atoms with van der Waals surface area (Å²) < 4.78 is 11.9. The summed E-state index contributed by atoms with van der Waals surface area (Å²) in [5.74, 6) is 1.35. The number of hydrogen-bond donors (Lipinski definition) is 0. The van der Waals surface area contributed by atoms with Crippen molar-refractivity contribution in [1.82, 2.24) is 4.90 Å². The Labute approximate surface area is 180 Å². The number of nitrogens with zero attached hydrogens (tertiary/aromatic N) is 2. The Morgan fingerprint density at radius 2 is 2.10 bits per heavy atom. The monoisotopic (exact) mass is 410 g/mol. The molecule has 5 heteroatoms. The predicted molar refractivity (Wildman–Crippen MR) is 119 cm³/mol. The van der Waals surface area contributed by atoms with E-state index in [1.165, 1.54) is 5.56 Å². The number of rotatable bonds is 7. The van der Waals surface area contributed by atoms with E-state index in [0.29, 0.717) is 12.8 Å². The highest BCUT2D eigenvalue weighted by Gasteiger charge is 2.67. The first-order valence-corrected chi connectivity index (χ1v) is 11.2. The van der Waals surface area contributed by atoms with Crippen molar-refractivity contribution in [1.29, 1.82) is 0 Å². The molecular weight excluding hydrogens is 376 g/mol. The van der Waals surface area contributed by atoms with Crippen molar-refractivity contribution in [3.8, 4) is 5.75 Å². The molecule has 2 fully saturated rings. The number of carbonyl (C=O) groups excluding carboxylic acids is 1. The lowest BCUT2D eigenvalue weighted by Gasteiger charge is -2.38. The van der Waals surface area contributed by atoms with E-state index < -0.39 is 11.1 Å². The molecule has 3 aliphatic rings. The zero-order valence-electron chi connectivity index (χ0n) is 18.7. The summed E-state index contributed by atoms with van der Waals surface area (Å²) in [5.41, 5.74) is 1.05. The normalized spacial score (nSPS) is 35.1. The number of aliphatic imine (C=N–C) groups is 1. The molecule has 1 saturated heterocycles. The van der Waals surface area contributed by atoms with E-state index >= 15 is 0 Å². The van der Waals surface area contributed by atoms with Gasteiger partial charge >= 0.3 is 0 Å². The van der Waals surface area contributed by atoms with Crippen LogP contribution in [0.25, 0.3) is 0 Å². The topological polar surface area (TPSA) is 51.1 Å². The molecule has 1 saturated carbocycles. The smallest absolute Gasteiger partial charge is 0.231 e. The fourth-order valence-corrected chi connectivity index (χ4v) is 5.83. The molecule has 0 radical (unpaired) electrons. The van der Waals surface area contributed by atoms with Gasteiger partial charge < -0.3 is 14.4 Å². The number of carbonyl (C=O) groups is 1. The Balaban J connectivity index is 1.79. The van der Waals surface area contributed by atoms with Crippen LogP contribution in [0, 0.1) is 11.3 Å². The maximum atomic E-state index is 13.7. The van der Waals surface area contributed by atoms with Crippen LogP contribution < -0.4 is 4.74 Å². The summed E-state index contributed by atoms with van der Waals surface area (Å²) in [6.45, 7) is 8.39. The van der Waals surface area contributed by atoms with Gasteiger partial charge in [-0.1, -0.05) is 38.5 Å². The molecule has 0 aromatic heterocycles. The average Bonchev–Trinajstić information content (AvgIpc) is 3.17. The minimum atomic E-state index is -0.700. The van der Waals surface area contributed by atoms with Crippen molar-refractivity contribution in [2.24, 2.45) is 16.3 Å². The highest BCUT2D eigenvalue weighted by Crippen LogP contribution is 2.59. The molecule has 5 nitrogen and oxygen atoms in total. The van der Waals surface area contributed by atoms with Crippen LogP contribution in [0.2, 0.25) is 0 Å². The molecule has 162 valence electrons. The Bertz CT molecular complexity index is 848. The molecule has 1 aromatic carbocycles. The largest absolute Gasteiger partial charge is 0.497 e. The van der Waals surface area contributed by atoms with E-state index in [4.69, 9.17) is 14.5 Å². The maximum Gasteiger partial charge on any atom is 0.231 e. The van der Waals surface area contributed by atoms with Crippen molar-refractivity contribution in [3.63, 3.8) is 0 Å². The molecule has 2 bridgehead atoms. The Morgan fingerprint density at radius 1 is 1.37 bits per heavy atom. The zero-order chi connectivity index (χ0) is 21.5. The van der Waals surface area contributed by atoms with E-state index in [1.54, 1.807) is 7.11 Å². The second-order valence-electron chi connectivity index (χ2n) is 9.14. The number of allylic oxidation sites excluding steroid dienone is 1. The lowest BCUT2D eigenvalue weighted by Crippen LogP contribution is -2.51. The van der Waals surface area contributed by atoms with Crippen LogP contribution in [0.1, 0.15) is 63.9 Å². The van der Waals surface area contributed by atoms with Crippen LogP contribution in [0.4, 0.5) is 0 Å². The van der Waals surface area contributed by atoms with Crippen molar-refractivity contribution >= 4 is 11.6 Å². The third kappa shape index (κ3) is 3.01.